The number of thioether (sulfide) groups is 1. The van der Waals surface area contributed by atoms with E-state index in [0.717, 1.165) is 17.6 Å². The zero-order valence-electron chi connectivity index (χ0n) is 18.2. The van der Waals surface area contributed by atoms with Crippen molar-refractivity contribution in [1.82, 2.24) is 4.90 Å². The van der Waals surface area contributed by atoms with Crippen LogP contribution < -0.4 is 4.74 Å². The molecule has 0 aliphatic carbocycles. The van der Waals surface area contributed by atoms with Crippen LogP contribution in [0.25, 0.3) is 0 Å². The summed E-state index contributed by atoms with van der Waals surface area (Å²) in [5.74, 6) is 0.259. The monoisotopic (exact) mass is 407 g/mol. The molecule has 28 heavy (non-hydrogen) atoms. The molecule has 156 valence electrons. The van der Waals surface area contributed by atoms with Crippen molar-refractivity contribution >= 4 is 11.8 Å². The second-order valence-electron chi connectivity index (χ2n) is 6.82. The van der Waals surface area contributed by atoms with E-state index in [2.05, 4.69) is 43.2 Å². The average molecular weight is 408 g/mol. The number of hydrogen-bond donors (Lipinski definition) is 0. The number of rotatable bonds is 11. The molecular weight excluding hydrogens is 373 g/mol. The van der Waals surface area contributed by atoms with E-state index in [0.29, 0.717) is 17.9 Å². The molecule has 0 saturated carbocycles. The zero-order chi connectivity index (χ0) is 21.1. The summed E-state index contributed by atoms with van der Waals surface area (Å²) in [5, 5.41) is 0. The molecule has 0 spiro atoms. The molecule has 0 heterocycles. The Labute approximate surface area is 174 Å². The lowest BCUT2D eigenvalue weighted by atomic mass is 9.95. The fourth-order valence-corrected chi connectivity index (χ4v) is 3.17. The highest BCUT2D eigenvalue weighted by Crippen LogP contribution is 2.37. The van der Waals surface area contributed by atoms with Crippen molar-refractivity contribution in [3.63, 3.8) is 0 Å². The fourth-order valence-electron chi connectivity index (χ4n) is 2.93. The summed E-state index contributed by atoms with van der Waals surface area (Å²) in [6.07, 6.45) is 11.3. The quantitative estimate of drug-likeness (QED) is 0.318. The predicted molar refractivity (Wildman–Crippen MR) is 119 cm³/mol. The number of nitrogens with zero attached hydrogens (tertiary/aromatic N) is 1. The Balaban J connectivity index is 3.45. The number of hydrogen-bond acceptors (Lipinski definition) is 4. The molecule has 0 amide bonds. The number of benzene rings is 1. The van der Waals surface area contributed by atoms with E-state index in [1.165, 1.54) is 4.91 Å². The van der Waals surface area contributed by atoms with Crippen molar-refractivity contribution < 1.29 is 13.9 Å². The Bertz CT molecular complexity index is 713. The van der Waals surface area contributed by atoms with Crippen molar-refractivity contribution in [2.45, 2.75) is 40.2 Å². The summed E-state index contributed by atoms with van der Waals surface area (Å²) in [7, 11) is 3.57. The van der Waals surface area contributed by atoms with Gasteiger partial charge in [0.25, 0.3) is 0 Å². The van der Waals surface area contributed by atoms with Gasteiger partial charge < -0.3 is 9.47 Å². The van der Waals surface area contributed by atoms with Gasteiger partial charge >= 0.3 is 0 Å². The van der Waals surface area contributed by atoms with Gasteiger partial charge in [0.2, 0.25) is 0 Å². The molecule has 1 unspecified atom stereocenters. The number of methoxy groups -OCH3 is 1. The highest BCUT2D eigenvalue weighted by atomic mass is 32.2. The lowest BCUT2D eigenvalue weighted by Gasteiger charge is -2.30. The SMILES string of the molecule is CC/C=C\C=C(/C)C(c1c(F)cc(C)cc1OCOC)N(C)C/C=C(\C)SC. The molecule has 0 aliphatic rings. The van der Waals surface area contributed by atoms with Crippen molar-refractivity contribution in [3.05, 3.63) is 63.9 Å². The minimum atomic E-state index is -0.263. The second kappa shape index (κ2) is 12.8. The van der Waals surface area contributed by atoms with Crippen LogP contribution in [0.3, 0.4) is 0 Å². The summed E-state index contributed by atoms with van der Waals surface area (Å²) in [6.45, 7) is 8.86. The Kier molecular flexibility index (Phi) is 11.2. The lowest BCUT2D eigenvalue weighted by molar-refractivity contribution is 0.0492. The number of halogens is 1. The van der Waals surface area contributed by atoms with Gasteiger partial charge in [-0.1, -0.05) is 36.8 Å². The molecule has 0 radical (unpaired) electrons. The van der Waals surface area contributed by atoms with E-state index in [4.69, 9.17) is 9.47 Å². The number of ether oxygens (including phenoxy) is 2. The summed E-state index contributed by atoms with van der Waals surface area (Å²) >= 11 is 1.71. The first kappa shape index (κ1) is 24.5. The minimum absolute atomic E-state index is 0.0797. The van der Waals surface area contributed by atoms with Gasteiger partial charge in [-0.15, -0.1) is 11.8 Å². The summed E-state index contributed by atoms with van der Waals surface area (Å²) < 4.78 is 26.0. The van der Waals surface area contributed by atoms with Crippen LogP contribution in [-0.4, -0.2) is 38.7 Å². The van der Waals surface area contributed by atoms with Gasteiger partial charge in [0, 0.05) is 13.7 Å². The smallest absolute Gasteiger partial charge is 0.188 e. The van der Waals surface area contributed by atoms with Crippen molar-refractivity contribution in [2.75, 3.05) is 33.8 Å². The third kappa shape index (κ3) is 7.46. The van der Waals surface area contributed by atoms with Crippen molar-refractivity contribution in [1.29, 1.82) is 0 Å². The highest BCUT2D eigenvalue weighted by molar-refractivity contribution is 8.02. The molecule has 0 aliphatic heterocycles. The molecule has 1 aromatic rings. The molecule has 1 rings (SSSR count). The molecule has 5 heteroatoms. The molecule has 0 saturated heterocycles. The van der Waals surface area contributed by atoms with Crippen LogP contribution in [0, 0.1) is 12.7 Å². The third-order valence-electron chi connectivity index (χ3n) is 4.43. The van der Waals surface area contributed by atoms with Gasteiger partial charge in [0.05, 0.1) is 11.6 Å². The Morgan fingerprint density at radius 2 is 2.04 bits per heavy atom. The second-order valence-corrected chi connectivity index (χ2v) is 7.87. The fraction of sp³-hybridized carbons (Fsp3) is 0.478. The Hall–Kier alpha value is -1.56. The molecule has 0 aromatic heterocycles. The first-order valence-electron chi connectivity index (χ1n) is 9.51. The molecule has 0 bridgehead atoms. The van der Waals surface area contributed by atoms with Gasteiger partial charge in [0.15, 0.2) is 6.79 Å². The summed E-state index contributed by atoms with van der Waals surface area (Å²) in [6, 6.07) is 3.18. The van der Waals surface area contributed by atoms with E-state index >= 15 is 4.39 Å². The van der Waals surface area contributed by atoms with E-state index in [9.17, 15) is 0 Å². The van der Waals surface area contributed by atoms with Crippen LogP contribution in [0.2, 0.25) is 0 Å². The lowest BCUT2D eigenvalue weighted by Crippen LogP contribution is -2.27. The first-order valence-corrected chi connectivity index (χ1v) is 10.7. The number of likely N-dealkylation sites (N-methyl/N-ethyl adjacent to an activating group) is 1. The van der Waals surface area contributed by atoms with Crippen LogP contribution in [0.4, 0.5) is 4.39 Å². The third-order valence-corrected chi connectivity index (χ3v) is 5.24. The van der Waals surface area contributed by atoms with Crippen LogP contribution in [-0.2, 0) is 4.74 Å². The topological polar surface area (TPSA) is 21.7 Å². The predicted octanol–water partition coefficient (Wildman–Crippen LogP) is 6.27. The first-order chi connectivity index (χ1) is 13.3. The molecule has 0 fully saturated rings. The standard InChI is InChI=1S/C23H34FNO2S/c1-8-9-10-11-18(3)23(25(5)13-12-19(4)28-7)22-20(24)14-17(2)15-21(22)27-16-26-6/h9-12,14-15,23H,8,13,16H2,1-7H3/b10-9-,18-11+,19-12+. The van der Waals surface area contributed by atoms with E-state index in [-0.39, 0.29) is 18.7 Å². The molecule has 0 N–H and O–H groups in total. The minimum Gasteiger partial charge on any atom is -0.467 e. The van der Waals surface area contributed by atoms with Gasteiger partial charge in [-0.3, -0.25) is 4.90 Å². The molecular formula is C23H34FNO2S. The summed E-state index contributed by atoms with van der Waals surface area (Å²) in [4.78, 5) is 3.37. The summed E-state index contributed by atoms with van der Waals surface area (Å²) in [5.41, 5.74) is 2.41. The van der Waals surface area contributed by atoms with Gasteiger partial charge in [-0.05, 0) is 63.1 Å². The zero-order valence-corrected chi connectivity index (χ0v) is 19.0. The maximum absolute atomic E-state index is 15.2. The van der Waals surface area contributed by atoms with Crippen LogP contribution in [0.5, 0.6) is 5.75 Å². The van der Waals surface area contributed by atoms with Crippen molar-refractivity contribution in [3.8, 4) is 5.75 Å². The Morgan fingerprint density at radius 1 is 1.32 bits per heavy atom. The average Bonchev–Trinajstić information content (AvgIpc) is 2.66. The van der Waals surface area contributed by atoms with Crippen LogP contribution in [0.15, 0.2) is 46.9 Å². The van der Waals surface area contributed by atoms with E-state index in [1.54, 1.807) is 24.9 Å². The normalized spacial score (nSPS) is 14.2. The van der Waals surface area contributed by atoms with Gasteiger partial charge in [-0.25, -0.2) is 4.39 Å². The molecule has 1 aromatic carbocycles. The Morgan fingerprint density at radius 3 is 2.64 bits per heavy atom. The van der Waals surface area contributed by atoms with E-state index < -0.39 is 0 Å². The largest absolute Gasteiger partial charge is 0.467 e. The van der Waals surface area contributed by atoms with Gasteiger partial charge in [-0.2, -0.15) is 0 Å². The molecule has 3 nitrogen and oxygen atoms in total. The van der Waals surface area contributed by atoms with Crippen molar-refractivity contribution in [2.24, 2.45) is 0 Å². The van der Waals surface area contributed by atoms with Crippen LogP contribution >= 0.6 is 11.8 Å². The number of allylic oxidation sites excluding steroid dienone is 4. The van der Waals surface area contributed by atoms with E-state index in [1.807, 2.05) is 33.0 Å². The van der Waals surface area contributed by atoms with Gasteiger partial charge in [0.1, 0.15) is 11.6 Å². The molecule has 1 atom stereocenters. The van der Waals surface area contributed by atoms with Crippen LogP contribution in [0.1, 0.15) is 44.4 Å². The maximum Gasteiger partial charge on any atom is 0.188 e. The highest BCUT2D eigenvalue weighted by Gasteiger charge is 2.26. The number of aryl methyl sites for hydroxylation is 1. The maximum atomic E-state index is 15.2.